The van der Waals surface area contributed by atoms with Crippen LogP contribution in [0, 0.1) is 23.7 Å². The fourth-order valence-corrected chi connectivity index (χ4v) is 4.87. The minimum atomic E-state index is -1.00. The lowest BCUT2D eigenvalue weighted by atomic mass is 9.83. The zero-order valence-corrected chi connectivity index (χ0v) is 23.0. The third-order valence-corrected chi connectivity index (χ3v) is 6.87. The fourth-order valence-electron chi connectivity index (χ4n) is 4.87. The van der Waals surface area contributed by atoms with Gasteiger partial charge in [-0.1, -0.05) is 58.0 Å². The number of ether oxygens (including phenoxy) is 4. The van der Waals surface area contributed by atoms with Crippen LogP contribution in [0.2, 0.25) is 0 Å². The molecule has 1 fully saturated rings. The fraction of sp³-hybridized carbons (Fsp3) is 0.679. The van der Waals surface area contributed by atoms with Gasteiger partial charge in [-0.3, -0.25) is 14.5 Å². The van der Waals surface area contributed by atoms with E-state index in [1.165, 1.54) is 7.11 Å². The highest BCUT2D eigenvalue weighted by Gasteiger charge is 2.53. The molecular formula is C28H43NO7. The summed E-state index contributed by atoms with van der Waals surface area (Å²) in [6.45, 7) is 13.6. The zero-order chi connectivity index (χ0) is 27.0. The number of rotatable bonds is 11. The Kier molecular flexibility index (Phi) is 10.8. The van der Waals surface area contributed by atoms with E-state index >= 15 is 0 Å². The van der Waals surface area contributed by atoms with E-state index in [0.29, 0.717) is 12.8 Å². The number of amides is 1. The first-order chi connectivity index (χ1) is 16.9. The minimum absolute atomic E-state index is 0.00912. The maximum Gasteiger partial charge on any atom is 0.412 e. The molecule has 8 nitrogen and oxygen atoms in total. The highest BCUT2D eigenvalue weighted by molar-refractivity contribution is 5.74. The van der Waals surface area contributed by atoms with Gasteiger partial charge in [-0.2, -0.15) is 0 Å². The molecule has 1 aromatic rings. The SMILES string of the molecule is CCOC(=O)[C@@H](C[C@@H]1[C@@H](C[C@H](C(=O)OC)C(C)C)OC(C)(C)N1C(=O)OCc1ccccc1)C(C)C. The normalized spacial score (nSPS) is 20.8. The lowest BCUT2D eigenvalue weighted by Crippen LogP contribution is -2.50. The summed E-state index contributed by atoms with van der Waals surface area (Å²) in [6, 6.07) is 8.95. The van der Waals surface area contributed by atoms with Crippen molar-refractivity contribution in [2.45, 2.75) is 85.8 Å². The molecular weight excluding hydrogens is 462 g/mol. The summed E-state index contributed by atoms with van der Waals surface area (Å²) < 4.78 is 22.5. The van der Waals surface area contributed by atoms with Crippen molar-refractivity contribution >= 4 is 18.0 Å². The topological polar surface area (TPSA) is 91.4 Å². The molecule has 1 saturated heterocycles. The van der Waals surface area contributed by atoms with E-state index in [2.05, 4.69) is 0 Å². The van der Waals surface area contributed by atoms with Gasteiger partial charge in [0.15, 0.2) is 0 Å². The predicted molar refractivity (Wildman–Crippen MR) is 136 cm³/mol. The number of hydrogen-bond acceptors (Lipinski definition) is 7. The van der Waals surface area contributed by atoms with Gasteiger partial charge in [-0.15, -0.1) is 0 Å². The van der Waals surface area contributed by atoms with E-state index in [1.54, 1.807) is 25.7 Å². The van der Waals surface area contributed by atoms with E-state index in [4.69, 9.17) is 18.9 Å². The quantitative estimate of drug-likeness (QED) is 0.302. The van der Waals surface area contributed by atoms with Gasteiger partial charge < -0.3 is 18.9 Å². The molecule has 1 heterocycles. The van der Waals surface area contributed by atoms with E-state index < -0.39 is 35.8 Å². The summed E-state index contributed by atoms with van der Waals surface area (Å²) in [7, 11) is 1.37. The molecule has 0 bridgehead atoms. The number of carbonyl (C=O) groups excluding carboxylic acids is 3. The molecule has 1 aromatic carbocycles. The molecule has 2 rings (SSSR count). The lowest BCUT2D eigenvalue weighted by Gasteiger charge is -2.35. The molecule has 0 aliphatic carbocycles. The van der Waals surface area contributed by atoms with Crippen LogP contribution in [0.4, 0.5) is 4.79 Å². The number of hydrogen-bond donors (Lipinski definition) is 0. The number of carbonyl (C=O) groups is 3. The van der Waals surface area contributed by atoms with Gasteiger partial charge in [0, 0.05) is 0 Å². The van der Waals surface area contributed by atoms with Crippen LogP contribution in [-0.2, 0) is 35.1 Å². The summed E-state index contributed by atoms with van der Waals surface area (Å²) in [6.07, 6.45) is -0.334. The molecule has 0 N–H and O–H groups in total. The summed E-state index contributed by atoms with van der Waals surface area (Å²) in [5.74, 6) is -1.50. The first kappa shape index (κ1) is 29.6. The predicted octanol–water partition coefficient (Wildman–Crippen LogP) is 5.19. The first-order valence-electron chi connectivity index (χ1n) is 12.8. The van der Waals surface area contributed by atoms with Crippen LogP contribution in [-0.4, -0.2) is 54.5 Å². The van der Waals surface area contributed by atoms with Gasteiger partial charge in [-0.25, -0.2) is 4.79 Å². The van der Waals surface area contributed by atoms with Crippen LogP contribution in [0.5, 0.6) is 0 Å². The van der Waals surface area contributed by atoms with E-state index in [1.807, 2.05) is 58.0 Å². The summed E-state index contributed by atoms with van der Waals surface area (Å²) in [5.41, 5.74) is -0.134. The second-order valence-corrected chi connectivity index (χ2v) is 10.5. The van der Waals surface area contributed by atoms with Gasteiger partial charge in [-0.05, 0) is 51.0 Å². The van der Waals surface area contributed by atoms with E-state index in [-0.39, 0.29) is 37.0 Å². The number of methoxy groups -OCH3 is 1. The van der Waals surface area contributed by atoms with Crippen molar-refractivity contribution in [1.82, 2.24) is 4.90 Å². The molecule has 202 valence electrons. The van der Waals surface area contributed by atoms with Crippen molar-refractivity contribution in [3.8, 4) is 0 Å². The maximum absolute atomic E-state index is 13.5. The second kappa shape index (κ2) is 13.1. The van der Waals surface area contributed by atoms with Crippen molar-refractivity contribution in [3.05, 3.63) is 35.9 Å². The standard InChI is InChI=1S/C28H43NO7/c1-9-34-26(31)21(18(2)3)15-23-24(16-22(19(4)5)25(30)33-8)36-28(6,7)29(23)27(32)35-17-20-13-11-10-12-14-20/h10-14,18-19,21-24H,9,15-17H2,1-8H3/t21-,22-,23+,24+/m0/s1. The van der Waals surface area contributed by atoms with Crippen LogP contribution in [0.1, 0.15) is 66.9 Å². The highest BCUT2D eigenvalue weighted by Crippen LogP contribution is 2.40. The monoisotopic (exact) mass is 505 g/mol. The molecule has 0 unspecified atom stereocenters. The van der Waals surface area contributed by atoms with Gasteiger partial charge in [0.05, 0.1) is 37.7 Å². The van der Waals surface area contributed by atoms with Gasteiger partial charge in [0.2, 0.25) is 0 Å². The molecule has 0 saturated carbocycles. The van der Waals surface area contributed by atoms with Gasteiger partial charge in [0.1, 0.15) is 12.3 Å². The largest absolute Gasteiger partial charge is 0.469 e. The molecule has 4 atom stereocenters. The average Bonchev–Trinajstić information content (AvgIpc) is 3.08. The summed E-state index contributed by atoms with van der Waals surface area (Å²) in [5, 5.41) is 0. The lowest BCUT2D eigenvalue weighted by molar-refractivity contribution is -0.151. The van der Waals surface area contributed by atoms with Crippen LogP contribution in [0.25, 0.3) is 0 Å². The molecule has 1 amide bonds. The Morgan fingerprint density at radius 2 is 1.53 bits per heavy atom. The summed E-state index contributed by atoms with van der Waals surface area (Å²) >= 11 is 0. The Hall–Kier alpha value is -2.61. The average molecular weight is 506 g/mol. The van der Waals surface area contributed by atoms with Crippen molar-refractivity contribution in [2.75, 3.05) is 13.7 Å². The Balaban J connectivity index is 2.39. The molecule has 0 radical (unpaired) electrons. The highest BCUT2D eigenvalue weighted by atomic mass is 16.6. The molecule has 8 heteroatoms. The molecule has 1 aliphatic heterocycles. The van der Waals surface area contributed by atoms with Gasteiger partial charge in [0.25, 0.3) is 0 Å². The first-order valence-corrected chi connectivity index (χ1v) is 12.8. The molecule has 0 spiro atoms. The third kappa shape index (κ3) is 7.45. The van der Waals surface area contributed by atoms with Crippen molar-refractivity contribution in [3.63, 3.8) is 0 Å². The van der Waals surface area contributed by atoms with E-state index in [0.717, 1.165) is 5.56 Å². The van der Waals surface area contributed by atoms with Crippen molar-refractivity contribution < 1.29 is 33.3 Å². The smallest absolute Gasteiger partial charge is 0.412 e. The molecule has 0 aromatic heterocycles. The Morgan fingerprint density at radius 3 is 2.06 bits per heavy atom. The van der Waals surface area contributed by atoms with Crippen LogP contribution >= 0.6 is 0 Å². The number of benzene rings is 1. The maximum atomic E-state index is 13.5. The summed E-state index contributed by atoms with van der Waals surface area (Å²) in [4.78, 5) is 40.4. The van der Waals surface area contributed by atoms with Gasteiger partial charge >= 0.3 is 18.0 Å². The Labute approximate surface area is 215 Å². The van der Waals surface area contributed by atoms with Crippen molar-refractivity contribution in [2.24, 2.45) is 23.7 Å². The van der Waals surface area contributed by atoms with Crippen LogP contribution in [0.15, 0.2) is 30.3 Å². The third-order valence-electron chi connectivity index (χ3n) is 6.87. The minimum Gasteiger partial charge on any atom is -0.469 e. The molecule has 1 aliphatic rings. The molecule has 36 heavy (non-hydrogen) atoms. The number of nitrogens with zero attached hydrogens (tertiary/aromatic N) is 1. The Morgan fingerprint density at radius 1 is 0.944 bits per heavy atom. The van der Waals surface area contributed by atoms with Crippen molar-refractivity contribution in [1.29, 1.82) is 0 Å². The van der Waals surface area contributed by atoms with E-state index in [9.17, 15) is 14.4 Å². The number of esters is 2. The Bertz CT molecular complexity index is 868. The second-order valence-electron chi connectivity index (χ2n) is 10.5. The van der Waals surface area contributed by atoms with Crippen LogP contribution < -0.4 is 0 Å². The van der Waals surface area contributed by atoms with Crippen LogP contribution in [0.3, 0.4) is 0 Å². The zero-order valence-electron chi connectivity index (χ0n) is 23.0.